The van der Waals surface area contributed by atoms with E-state index in [1.165, 1.54) is 0 Å². The van der Waals surface area contributed by atoms with Crippen molar-refractivity contribution >= 4 is 16.0 Å². The van der Waals surface area contributed by atoms with Crippen molar-refractivity contribution in [3.8, 4) is 0 Å². The smallest absolute Gasteiger partial charge is 0.238 e. The van der Waals surface area contributed by atoms with Crippen molar-refractivity contribution in [1.29, 1.82) is 0 Å². The van der Waals surface area contributed by atoms with E-state index in [4.69, 9.17) is 14.2 Å². The maximum absolute atomic E-state index is 13.5. The van der Waals surface area contributed by atoms with Gasteiger partial charge in [0.2, 0.25) is 16.0 Å². The number of hydrogen-bond acceptors (Lipinski definition) is 9. The maximum atomic E-state index is 13.5. The third-order valence-electron chi connectivity index (χ3n) is 7.30. The Balaban J connectivity index is 1.69. The van der Waals surface area contributed by atoms with Crippen molar-refractivity contribution in [2.75, 3.05) is 32.2 Å². The number of aromatic nitrogens is 5. The fraction of sp³-hybridized carbons (Fsp3) is 0.739. The molecule has 0 radical (unpaired) electrons. The molecule has 2 aromatic rings. The van der Waals surface area contributed by atoms with E-state index >= 15 is 0 Å². The van der Waals surface area contributed by atoms with Crippen molar-refractivity contribution < 1.29 is 22.6 Å². The molecule has 1 N–H and O–H groups in total. The Kier molecular flexibility index (Phi) is 8.04. The number of nitrogens with zero attached hydrogens (tertiary/aromatic N) is 5. The fourth-order valence-corrected chi connectivity index (χ4v) is 6.21. The van der Waals surface area contributed by atoms with E-state index in [0.717, 1.165) is 31.2 Å². The van der Waals surface area contributed by atoms with Crippen molar-refractivity contribution in [3.05, 3.63) is 29.6 Å². The van der Waals surface area contributed by atoms with Gasteiger partial charge in [-0.1, -0.05) is 6.92 Å². The standard InChI is InChI=1S/C23H36N6O5S/c1-14-11-24-21(25-12-14)15(2)16(3)35(30,31)28-23-27-26-22(17-9-10-34-13-17)29(23)20-18(32-4)7-6-8-19(20)33-5/h11-12,15-20H,6-10,13H2,1-5H3,(H,27,28)/t15-,16-,17+,18-,19+,20+/m0/s1. The summed E-state index contributed by atoms with van der Waals surface area (Å²) in [5.41, 5.74) is 0.916. The molecule has 2 aromatic heterocycles. The molecule has 1 aliphatic heterocycles. The number of rotatable bonds is 9. The van der Waals surface area contributed by atoms with Gasteiger partial charge in [-0.3, -0.25) is 9.29 Å². The lowest BCUT2D eigenvalue weighted by Gasteiger charge is -2.38. The van der Waals surface area contributed by atoms with Gasteiger partial charge < -0.3 is 14.2 Å². The number of anilines is 1. The highest BCUT2D eigenvalue weighted by molar-refractivity contribution is 7.93. The van der Waals surface area contributed by atoms with Crippen LogP contribution >= 0.6 is 0 Å². The van der Waals surface area contributed by atoms with Gasteiger partial charge in [-0.2, -0.15) is 0 Å². The largest absolute Gasteiger partial charge is 0.381 e. The summed E-state index contributed by atoms with van der Waals surface area (Å²) in [4.78, 5) is 8.65. The van der Waals surface area contributed by atoms with Crippen LogP contribution in [-0.4, -0.2) is 78.0 Å². The summed E-state index contributed by atoms with van der Waals surface area (Å²) in [5.74, 6) is 0.936. The molecule has 35 heavy (non-hydrogen) atoms. The highest BCUT2D eigenvalue weighted by Gasteiger charge is 2.41. The molecule has 12 heteroatoms. The topological polar surface area (TPSA) is 130 Å². The van der Waals surface area contributed by atoms with Crippen LogP contribution < -0.4 is 4.72 Å². The first-order chi connectivity index (χ1) is 16.8. The van der Waals surface area contributed by atoms with Crippen molar-refractivity contribution in [2.24, 2.45) is 0 Å². The third-order valence-corrected chi connectivity index (χ3v) is 9.15. The molecule has 4 rings (SSSR count). The van der Waals surface area contributed by atoms with E-state index in [1.807, 2.05) is 18.4 Å². The Morgan fingerprint density at radius 3 is 2.31 bits per heavy atom. The number of methoxy groups -OCH3 is 2. The van der Waals surface area contributed by atoms with E-state index in [1.54, 1.807) is 33.5 Å². The summed E-state index contributed by atoms with van der Waals surface area (Å²) in [5, 5.41) is 7.94. The molecular formula is C23H36N6O5S. The minimum Gasteiger partial charge on any atom is -0.381 e. The predicted molar refractivity (Wildman–Crippen MR) is 130 cm³/mol. The zero-order valence-electron chi connectivity index (χ0n) is 21.0. The van der Waals surface area contributed by atoms with E-state index < -0.39 is 21.2 Å². The van der Waals surface area contributed by atoms with Crippen LogP contribution in [0.4, 0.5) is 5.95 Å². The molecule has 0 spiro atoms. The van der Waals surface area contributed by atoms with Crippen molar-refractivity contribution in [3.63, 3.8) is 0 Å². The minimum atomic E-state index is -3.86. The summed E-state index contributed by atoms with van der Waals surface area (Å²) in [7, 11) is -0.508. The number of ether oxygens (including phenoxy) is 3. The van der Waals surface area contributed by atoms with Crippen LogP contribution in [-0.2, 0) is 24.2 Å². The molecule has 0 bridgehead atoms. The Labute approximate surface area is 207 Å². The molecule has 0 amide bonds. The third kappa shape index (κ3) is 5.35. The van der Waals surface area contributed by atoms with Crippen LogP contribution in [0.1, 0.15) is 74.6 Å². The second-order valence-corrected chi connectivity index (χ2v) is 11.6. The molecule has 3 heterocycles. The zero-order chi connectivity index (χ0) is 25.2. The molecule has 2 fully saturated rings. The first kappa shape index (κ1) is 25.9. The lowest BCUT2D eigenvalue weighted by atomic mass is 9.88. The number of hydrogen-bond donors (Lipinski definition) is 1. The van der Waals surface area contributed by atoms with Crippen molar-refractivity contribution in [1.82, 2.24) is 24.7 Å². The summed E-state index contributed by atoms with van der Waals surface area (Å²) in [6.07, 6.45) is 6.50. The molecule has 0 aromatic carbocycles. The molecular weight excluding hydrogens is 472 g/mol. The van der Waals surface area contributed by atoms with E-state index in [-0.39, 0.29) is 30.1 Å². The normalized spacial score (nSPS) is 27.0. The second kappa shape index (κ2) is 10.9. The molecule has 1 aliphatic carbocycles. The molecule has 194 valence electrons. The molecule has 2 aliphatic rings. The summed E-state index contributed by atoms with van der Waals surface area (Å²) in [6, 6.07) is -0.268. The second-order valence-electron chi connectivity index (χ2n) is 9.54. The quantitative estimate of drug-likeness (QED) is 0.543. The average molecular weight is 509 g/mol. The first-order valence-electron chi connectivity index (χ1n) is 12.1. The number of aryl methyl sites for hydroxylation is 1. The van der Waals surface area contributed by atoms with Gasteiger partial charge in [-0.15, -0.1) is 10.2 Å². The summed E-state index contributed by atoms with van der Waals surface area (Å²) < 4.78 is 48.9. The minimum absolute atomic E-state index is 0.0231. The predicted octanol–water partition coefficient (Wildman–Crippen LogP) is 2.57. The van der Waals surface area contributed by atoms with E-state index in [9.17, 15) is 8.42 Å². The molecule has 1 saturated carbocycles. The maximum Gasteiger partial charge on any atom is 0.238 e. The average Bonchev–Trinajstić information content (AvgIpc) is 3.52. The van der Waals surface area contributed by atoms with Gasteiger partial charge in [-0.25, -0.2) is 18.4 Å². The van der Waals surface area contributed by atoms with Gasteiger partial charge in [0.15, 0.2) is 0 Å². The summed E-state index contributed by atoms with van der Waals surface area (Å²) >= 11 is 0. The Morgan fingerprint density at radius 1 is 1.09 bits per heavy atom. The summed E-state index contributed by atoms with van der Waals surface area (Å²) in [6.45, 7) is 6.51. The lowest BCUT2D eigenvalue weighted by Crippen LogP contribution is -2.42. The molecule has 11 nitrogen and oxygen atoms in total. The van der Waals surface area contributed by atoms with Gasteiger partial charge >= 0.3 is 0 Å². The SMILES string of the molecule is CO[C@H]1CCC[C@@H](OC)[C@@H]1n1c(NS(=O)(=O)[C@@H](C)[C@H](C)c2ncc(C)cn2)nnc1[C@@H]1CCOC1. The van der Waals surface area contributed by atoms with E-state index in [0.29, 0.717) is 24.9 Å². The van der Waals surface area contributed by atoms with Gasteiger partial charge in [0, 0.05) is 45.1 Å². The first-order valence-corrected chi connectivity index (χ1v) is 13.7. The van der Waals surface area contributed by atoms with Crippen LogP contribution in [0.5, 0.6) is 0 Å². The van der Waals surface area contributed by atoms with Crippen LogP contribution in [0.15, 0.2) is 12.4 Å². The van der Waals surface area contributed by atoms with Crippen LogP contribution in [0, 0.1) is 6.92 Å². The Hall–Kier alpha value is -2.15. The van der Waals surface area contributed by atoms with Crippen LogP contribution in [0.25, 0.3) is 0 Å². The zero-order valence-corrected chi connectivity index (χ0v) is 21.9. The van der Waals surface area contributed by atoms with Crippen LogP contribution in [0.2, 0.25) is 0 Å². The van der Waals surface area contributed by atoms with Crippen molar-refractivity contribution in [2.45, 2.75) is 81.8 Å². The molecule has 0 unspecified atom stereocenters. The van der Waals surface area contributed by atoms with Gasteiger partial charge in [0.25, 0.3) is 0 Å². The fourth-order valence-electron chi connectivity index (χ4n) is 4.97. The Morgan fingerprint density at radius 2 is 1.74 bits per heavy atom. The monoisotopic (exact) mass is 508 g/mol. The molecule has 6 atom stereocenters. The highest BCUT2D eigenvalue weighted by atomic mass is 32.2. The molecule has 1 saturated heterocycles. The number of sulfonamides is 1. The lowest BCUT2D eigenvalue weighted by molar-refractivity contribution is -0.0564. The number of nitrogens with one attached hydrogen (secondary N) is 1. The highest BCUT2D eigenvalue weighted by Crippen LogP contribution is 2.38. The van der Waals surface area contributed by atoms with Gasteiger partial charge in [-0.05, 0) is 45.1 Å². The van der Waals surface area contributed by atoms with Crippen LogP contribution in [0.3, 0.4) is 0 Å². The van der Waals surface area contributed by atoms with E-state index in [2.05, 4.69) is 24.9 Å². The van der Waals surface area contributed by atoms with Gasteiger partial charge in [0.1, 0.15) is 11.6 Å². The van der Waals surface area contributed by atoms with Gasteiger partial charge in [0.05, 0.1) is 30.1 Å². The Bertz CT molecular complexity index is 1070.